The number of benzene rings is 2. The molecule has 0 bridgehead atoms. The number of nitrogens with zero attached hydrogens (tertiary/aromatic N) is 2. The van der Waals surface area contributed by atoms with Crippen LogP contribution in [-0.4, -0.2) is 47.5 Å². The summed E-state index contributed by atoms with van der Waals surface area (Å²) in [5.74, 6) is 1.96. The maximum absolute atomic E-state index is 12.9. The molecule has 2 saturated heterocycles. The maximum atomic E-state index is 12.9. The first-order valence-electron chi connectivity index (χ1n) is 10.3. The van der Waals surface area contributed by atoms with Crippen LogP contribution in [0.2, 0.25) is 5.02 Å². The van der Waals surface area contributed by atoms with E-state index in [9.17, 15) is 9.59 Å². The third-order valence-electron chi connectivity index (χ3n) is 6.29. The Morgan fingerprint density at radius 1 is 1.10 bits per heavy atom. The van der Waals surface area contributed by atoms with Crippen molar-refractivity contribution in [1.82, 2.24) is 9.80 Å². The van der Waals surface area contributed by atoms with Crippen LogP contribution in [0, 0.1) is 5.92 Å². The smallest absolute Gasteiger partial charge is 0.253 e. The van der Waals surface area contributed by atoms with Crippen molar-refractivity contribution in [3.05, 3.63) is 58.6 Å². The third kappa shape index (κ3) is 3.60. The quantitative estimate of drug-likeness (QED) is 0.750. The number of likely N-dealkylation sites (tertiary alicyclic amines) is 2. The summed E-state index contributed by atoms with van der Waals surface area (Å²) < 4.78 is 10.9. The van der Waals surface area contributed by atoms with Crippen molar-refractivity contribution < 1.29 is 19.1 Å². The first kappa shape index (κ1) is 19.2. The fourth-order valence-corrected chi connectivity index (χ4v) is 4.97. The second-order valence-electron chi connectivity index (χ2n) is 8.13. The van der Waals surface area contributed by atoms with E-state index in [4.69, 9.17) is 21.1 Å². The highest BCUT2D eigenvalue weighted by molar-refractivity contribution is 6.30. The average molecular weight is 427 g/mol. The number of halogens is 1. The molecule has 3 heterocycles. The van der Waals surface area contributed by atoms with Crippen LogP contribution in [0.25, 0.3) is 0 Å². The Kier molecular flexibility index (Phi) is 5.03. The van der Waals surface area contributed by atoms with Gasteiger partial charge in [-0.05, 0) is 54.7 Å². The van der Waals surface area contributed by atoms with Crippen molar-refractivity contribution >= 4 is 23.4 Å². The van der Waals surface area contributed by atoms with Crippen LogP contribution in [-0.2, 0) is 11.3 Å². The number of hydrogen-bond donors (Lipinski definition) is 0. The number of ether oxygens (including phenoxy) is 2. The molecule has 3 aliphatic rings. The van der Waals surface area contributed by atoms with Crippen LogP contribution in [0.15, 0.2) is 42.5 Å². The summed E-state index contributed by atoms with van der Waals surface area (Å²) in [6.45, 7) is 2.10. The monoisotopic (exact) mass is 426 g/mol. The van der Waals surface area contributed by atoms with Crippen LogP contribution in [0.5, 0.6) is 11.5 Å². The van der Waals surface area contributed by atoms with Crippen LogP contribution in [0.3, 0.4) is 0 Å². The summed E-state index contributed by atoms with van der Waals surface area (Å²) in [4.78, 5) is 29.6. The van der Waals surface area contributed by atoms with Crippen molar-refractivity contribution in [1.29, 1.82) is 0 Å². The van der Waals surface area contributed by atoms with Gasteiger partial charge in [-0.3, -0.25) is 9.59 Å². The summed E-state index contributed by atoms with van der Waals surface area (Å²) in [6, 6.07) is 13.1. The first-order chi connectivity index (χ1) is 14.6. The SMILES string of the molecule is O=C(c1cccc(Cl)c1)N1CC[C@@H]2[C@@H](CCC(=O)N2Cc2ccc3c(c2)OCO3)C1. The number of piperidine rings is 2. The average Bonchev–Trinajstić information content (AvgIpc) is 3.23. The summed E-state index contributed by atoms with van der Waals surface area (Å²) >= 11 is 6.05. The number of amides is 2. The zero-order chi connectivity index (χ0) is 20.7. The van der Waals surface area contributed by atoms with Gasteiger partial charge in [-0.2, -0.15) is 0 Å². The summed E-state index contributed by atoms with van der Waals surface area (Å²) in [6.07, 6.45) is 2.12. The largest absolute Gasteiger partial charge is 0.454 e. The molecule has 2 amide bonds. The molecule has 2 aromatic rings. The van der Waals surface area contributed by atoms with Crippen LogP contribution >= 0.6 is 11.6 Å². The fraction of sp³-hybridized carbons (Fsp3) is 0.391. The van der Waals surface area contributed by atoms with E-state index in [1.807, 2.05) is 28.0 Å². The number of carbonyl (C=O) groups excluding carboxylic acids is 2. The third-order valence-corrected chi connectivity index (χ3v) is 6.53. The predicted molar refractivity (Wildman–Crippen MR) is 112 cm³/mol. The highest BCUT2D eigenvalue weighted by Crippen LogP contribution is 2.36. The van der Waals surface area contributed by atoms with Gasteiger partial charge in [-0.1, -0.05) is 23.7 Å². The molecule has 3 aliphatic heterocycles. The van der Waals surface area contributed by atoms with E-state index in [1.165, 1.54) is 0 Å². The van der Waals surface area contributed by atoms with Crippen LogP contribution in [0.1, 0.15) is 35.2 Å². The van der Waals surface area contributed by atoms with Gasteiger partial charge in [0.1, 0.15) is 0 Å². The zero-order valence-corrected chi connectivity index (χ0v) is 17.3. The maximum Gasteiger partial charge on any atom is 0.253 e. The Morgan fingerprint density at radius 3 is 2.83 bits per heavy atom. The Morgan fingerprint density at radius 2 is 1.97 bits per heavy atom. The van der Waals surface area contributed by atoms with Crippen molar-refractivity contribution in [2.24, 2.45) is 5.92 Å². The molecule has 0 aromatic heterocycles. The Labute approximate surface area is 180 Å². The Balaban J connectivity index is 1.30. The minimum Gasteiger partial charge on any atom is -0.454 e. The molecule has 2 fully saturated rings. The van der Waals surface area contributed by atoms with Crippen molar-refractivity contribution in [2.75, 3.05) is 19.9 Å². The fourth-order valence-electron chi connectivity index (χ4n) is 4.78. The van der Waals surface area contributed by atoms with E-state index in [2.05, 4.69) is 0 Å². The molecule has 6 nitrogen and oxygen atoms in total. The summed E-state index contributed by atoms with van der Waals surface area (Å²) in [7, 11) is 0. The normalized spacial score (nSPS) is 22.8. The van der Waals surface area contributed by atoms with E-state index >= 15 is 0 Å². The topological polar surface area (TPSA) is 59.1 Å². The lowest BCUT2D eigenvalue weighted by molar-refractivity contribution is -0.141. The lowest BCUT2D eigenvalue weighted by Gasteiger charge is -2.47. The highest BCUT2D eigenvalue weighted by atomic mass is 35.5. The molecule has 0 aliphatic carbocycles. The Hall–Kier alpha value is -2.73. The number of carbonyl (C=O) groups is 2. The van der Waals surface area contributed by atoms with E-state index in [-0.39, 0.29) is 30.6 Å². The molecule has 0 N–H and O–H groups in total. The number of fused-ring (bicyclic) bond motifs is 2. The molecule has 0 spiro atoms. The van der Waals surface area contributed by atoms with Gasteiger partial charge in [0.05, 0.1) is 0 Å². The van der Waals surface area contributed by atoms with Crippen molar-refractivity contribution in [2.45, 2.75) is 31.8 Å². The first-order valence-corrected chi connectivity index (χ1v) is 10.7. The van der Waals surface area contributed by atoms with Crippen molar-refractivity contribution in [3.63, 3.8) is 0 Å². The molecule has 0 saturated carbocycles. The lowest BCUT2D eigenvalue weighted by atomic mass is 9.83. The summed E-state index contributed by atoms with van der Waals surface area (Å²) in [5, 5.41) is 0.564. The van der Waals surface area contributed by atoms with Gasteiger partial charge < -0.3 is 19.3 Å². The molecular formula is C23H23ClN2O4. The molecule has 30 heavy (non-hydrogen) atoms. The molecule has 2 atom stereocenters. The van der Waals surface area contributed by atoms with E-state index in [1.54, 1.807) is 24.3 Å². The van der Waals surface area contributed by atoms with Gasteiger partial charge in [0.2, 0.25) is 12.7 Å². The van der Waals surface area contributed by atoms with E-state index in [0.29, 0.717) is 36.6 Å². The predicted octanol–water partition coefficient (Wildman–Crippen LogP) is 3.72. The zero-order valence-electron chi connectivity index (χ0n) is 16.6. The molecule has 0 radical (unpaired) electrons. The standard InChI is InChI=1S/C23H23ClN2O4/c24-18-3-1-2-16(11-18)23(28)25-9-8-19-17(13-25)5-7-22(27)26(19)12-15-4-6-20-21(10-15)30-14-29-20/h1-4,6,10-11,17,19H,5,7-9,12-14H2/t17-,19+/m0/s1. The van der Waals surface area contributed by atoms with Gasteiger partial charge in [-0.25, -0.2) is 0 Å². The second kappa shape index (κ2) is 7.84. The molecular weight excluding hydrogens is 404 g/mol. The van der Waals surface area contributed by atoms with Crippen LogP contribution < -0.4 is 9.47 Å². The number of rotatable bonds is 3. The van der Waals surface area contributed by atoms with Gasteiger partial charge in [0.15, 0.2) is 11.5 Å². The Bertz CT molecular complexity index is 995. The van der Waals surface area contributed by atoms with E-state index < -0.39 is 0 Å². The second-order valence-corrected chi connectivity index (χ2v) is 8.56. The van der Waals surface area contributed by atoms with E-state index in [0.717, 1.165) is 29.9 Å². The van der Waals surface area contributed by atoms with Crippen molar-refractivity contribution in [3.8, 4) is 11.5 Å². The molecule has 5 rings (SSSR count). The molecule has 7 heteroatoms. The molecule has 156 valence electrons. The minimum atomic E-state index is 0.00942. The minimum absolute atomic E-state index is 0.00942. The lowest BCUT2D eigenvalue weighted by Crippen LogP contribution is -2.56. The summed E-state index contributed by atoms with van der Waals surface area (Å²) in [5.41, 5.74) is 1.65. The van der Waals surface area contributed by atoms with Gasteiger partial charge in [-0.15, -0.1) is 0 Å². The van der Waals surface area contributed by atoms with Gasteiger partial charge in [0.25, 0.3) is 5.91 Å². The van der Waals surface area contributed by atoms with Crippen LogP contribution in [0.4, 0.5) is 0 Å². The van der Waals surface area contributed by atoms with Gasteiger partial charge >= 0.3 is 0 Å². The molecule has 0 unspecified atom stereocenters. The highest BCUT2D eigenvalue weighted by Gasteiger charge is 2.40. The molecule has 2 aromatic carbocycles. The van der Waals surface area contributed by atoms with Gasteiger partial charge in [0, 0.05) is 42.7 Å². The number of hydrogen-bond acceptors (Lipinski definition) is 4.